The van der Waals surface area contributed by atoms with Gasteiger partial charge in [-0.2, -0.15) is 0 Å². The number of fused-ring (bicyclic) bond motifs is 1. The number of nitrogens with one attached hydrogen (secondary N) is 1. The highest BCUT2D eigenvalue weighted by atomic mass is 32.1. The van der Waals surface area contributed by atoms with Gasteiger partial charge in [-0.15, -0.1) is 0 Å². The van der Waals surface area contributed by atoms with E-state index < -0.39 is 11.5 Å². The summed E-state index contributed by atoms with van der Waals surface area (Å²) in [4.78, 5) is 12.5. The molecular formula is C14H18N2O2S. The average molecular weight is 278 g/mol. The molecule has 102 valence electrons. The van der Waals surface area contributed by atoms with Crippen LogP contribution in [0.25, 0.3) is 0 Å². The molecule has 3 N–H and O–H groups in total. The minimum absolute atomic E-state index is 0.125. The highest BCUT2D eigenvalue weighted by Gasteiger charge is 2.30. The van der Waals surface area contributed by atoms with Crippen molar-refractivity contribution in [2.75, 3.05) is 6.54 Å². The van der Waals surface area contributed by atoms with Crippen molar-refractivity contribution in [3.8, 4) is 5.75 Å². The summed E-state index contributed by atoms with van der Waals surface area (Å²) in [6, 6.07) is 7.69. The van der Waals surface area contributed by atoms with Crippen molar-refractivity contribution in [3.63, 3.8) is 0 Å². The van der Waals surface area contributed by atoms with Gasteiger partial charge >= 0.3 is 0 Å². The Hall–Kier alpha value is -1.62. The van der Waals surface area contributed by atoms with Crippen molar-refractivity contribution < 1.29 is 9.53 Å². The summed E-state index contributed by atoms with van der Waals surface area (Å²) in [7, 11) is 0. The zero-order chi connectivity index (χ0) is 14.0. The third-order valence-corrected chi connectivity index (χ3v) is 3.86. The summed E-state index contributed by atoms with van der Waals surface area (Å²) in [5.74, 6) is 0.664. The molecule has 1 atom stereocenters. The molecule has 0 bridgehead atoms. The van der Waals surface area contributed by atoms with Crippen molar-refractivity contribution in [2.45, 2.75) is 26.4 Å². The minimum Gasteiger partial charge on any atom is -0.480 e. The Labute approximate surface area is 118 Å². The summed E-state index contributed by atoms with van der Waals surface area (Å²) < 4.78 is 5.62. The molecule has 0 radical (unpaired) electrons. The van der Waals surface area contributed by atoms with Crippen molar-refractivity contribution >= 4 is 23.1 Å². The van der Waals surface area contributed by atoms with Crippen LogP contribution in [-0.4, -0.2) is 23.5 Å². The second-order valence-electron chi connectivity index (χ2n) is 5.38. The molecular weight excluding hydrogens is 260 g/mol. The van der Waals surface area contributed by atoms with Crippen molar-refractivity contribution in [3.05, 3.63) is 29.8 Å². The summed E-state index contributed by atoms with van der Waals surface area (Å²) in [6.45, 7) is 4.22. The van der Waals surface area contributed by atoms with E-state index in [1.165, 1.54) is 0 Å². The molecule has 0 aromatic heterocycles. The van der Waals surface area contributed by atoms with Crippen LogP contribution in [-0.2, 0) is 11.2 Å². The van der Waals surface area contributed by atoms with Gasteiger partial charge in [0.2, 0.25) is 0 Å². The van der Waals surface area contributed by atoms with E-state index >= 15 is 0 Å². The molecule has 1 aromatic carbocycles. The lowest BCUT2D eigenvalue weighted by atomic mass is 9.93. The summed E-state index contributed by atoms with van der Waals surface area (Å²) >= 11 is 4.97. The number of amides is 1. The van der Waals surface area contributed by atoms with Crippen LogP contribution in [0, 0.1) is 5.41 Å². The highest BCUT2D eigenvalue weighted by molar-refractivity contribution is 7.80. The number of thiocarbonyl (C=S) groups is 1. The Kier molecular flexibility index (Phi) is 3.75. The van der Waals surface area contributed by atoms with E-state index in [0.717, 1.165) is 11.3 Å². The lowest BCUT2D eigenvalue weighted by Crippen LogP contribution is -2.45. The second kappa shape index (κ2) is 5.17. The first-order valence-electron chi connectivity index (χ1n) is 6.22. The molecule has 0 fully saturated rings. The number of hydrogen-bond acceptors (Lipinski definition) is 3. The van der Waals surface area contributed by atoms with Crippen LogP contribution in [0.2, 0.25) is 0 Å². The van der Waals surface area contributed by atoms with E-state index in [0.29, 0.717) is 18.0 Å². The highest BCUT2D eigenvalue weighted by Crippen LogP contribution is 2.28. The number of nitrogens with two attached hydrogens (primary N) is 1. The zero-order valence-electron chi connectivity index (χ0n) is 11.1. The monoisotopic (exact) mass is 278 g/mol. The molecule has 1 unspecified atom stereocenters. The molecule has 5 heteroatoms. The van der Waals surface area contributed by atoms with Gasteiger partial charge in [-0.1, -0.05) is 44.3 Å². The Morgan fingerprint density at radius 3 is 2.84 bits per heavy atom. The molecule has 1 aromatic rings. The molecule has 1 heterocycles. The first-order chi connectivity index (χ1) is 8.90. The number of hydrogen-bond donors (Lipinski definition) is 2. The van der Waals surface area contributed by atoms with Crippen LogP contribution in [0.15, 0.2) is 24.3 Å². The van der Waals surface area contributed by atoms with Crippen molar-refractivity contribution in [1.29, 1.82) is 0 Å². The summed E-state index contributed by atoms with van der Waals surface area (Å²) in [5.41, 5.74) is 6.30. The Morgan fingerprint density at radius 2 is 2.21 bits per heavy atom. The predicted molar refractivity (Wildman–Crippen MR) is 78.1 cm³/mol. The van der Waals surface area contributed by atoms with E-state index in [1.54, 1.807) is 0 Å². The number of carbonyl (C=O) groups is 1. The molecule has 1 amide bonds. The molecule has 0 aliphatic carbocycles. The van der Waals surface area contributed by atoms with Gasteiger partial charge in [0.25, 0.3) is 5.91 Å². The summed E-state index contributed by atoms with van der Waals surface area (Å²) in [5, 5.41) is 2.85. The molecule has 2 rings (SSSR count). The third kappa shape index (κ3) is 3.04. The first-order valence-corrected chi connectivity index (χ1v) is 6.63. The van der Waals surface area contributed by atoms with Crippen LogP contribution in [0.5, 0.6) is 5.75 Å². The van der Waals surface area contributed by atoms with Gasteiger partial charge in [0.15, 0.2) is 6.10 Å². The van der Waals surface area contributed by atoms with Gasteiger partial charge in [-0.3, -0.25) is 4.79 Å². The van der Waals surface area contributed by atoms with Gasteiger partial charge in [0.05, 0.1) is 4.99 Å². The van der Waals surface area contributed by atoms with Crippen LogP contribution < -0.4 is 15.8 Å². The van der Waals surface area contributed by atoms with E-state index in [2.05, 4.69) is 5.32 Å². The lowest BCUT2D eigenvalue weighted by Gasteiger charge is -2.24. The maximum absolute atomic E-state index is 12.1. The second-order valence-corrected chi connectivity index (χ2v) is 5.82. The SMILES string of the molecule is CC(C)(CNC(=O)C1Cc2ccccc2O1)C(N)=S. The Balaban J connectivity index is 1.92. The minimum atomic E-state index is -0.459. The quantitative estimate of drug-likeness (QED) is 0.818. The van der Waals surface area contributed by atoms with Gasteiger partial charge in [-0.25, -0.2) is 0 Å². The van der Waals surface area contributed by atoms with Gasteiger partial charge in [0.1, 0.15) is 5.75 Å². The van der Waals surface area contributed by atoms with E-state index in [-0.39, 0.29) is 5.91 Å². The number of para-hydroxylation sites is 1. The maximum Gasteiger partial charge on any atom is 0.261 e. The molecule has 4 nitrogen and oxygen atoms in total. The molecule has 19 heavy (non-hydrogen) atoms. The zero-order valence-corrected chi connectivity index (χ0v) is 11.9. The third-order valence-electron chi connectivity index (χ3n) is 3.31. The molecule has 0 spiro atoms. The number of carbonyl (C=O) groups excluding carboxylic acids is 1. The number of benzene rings is 1. The van der Waals surface area contributed by atoms with Crippen LogP contribution >= 0.6 is 12.2 Å². The molecule has 1 aliphatic rings. The normalized spacial score (nSPS) is 17.5. The van der Waals surface area contributed by atoms with Crippen LogP contribution in [0.1, 0.15) is 19.4 Å². The largest absolute Gasteiger partial charge is 0.480 e. The lowest BCUT2D eigenvalue weighted by molar-refractivity contribution is -0.127. The van der Waals surface area contributed by atoms with E-state index in [1.807, 2.05) is 38.1 Å². The van der Waals surface area contributed by atoms with Crippen molar-refractivity contribution in [1.82, 2.24) is 5.32 Å². The first kappa shape index (κ1) is 13.8. The van der Waals surface area contributed by atoms with E-state index in [4.69, 9.17) is 22.7 Å². The molecule has 0 saturated carbocycles. The standard InChI is InChI=1S/C14H18N2O2S/c1-14(2,13(15)19)8-16-12(17)11-7-9-5-3-4-6-10(9)18-11/h3-6,11H,7-8H2,1-2H3,(H2,15,19)(H,16,17). The number of ether oxygens (including phenoxy) is 1. The van der Waals surface area contributed by atoms with Gasteiger partial charge < -0.3 is 15.8 Å². The fraction of sp³-hybridized carbons (Fsp3) is 0.429. The predicted octanol–water partition coefficient (Wildman–Crippen LogP) is 1.42. The Morgan fingerprint density at radius 1 is 1.53 bits per heavy atom. The fourth-order valence-electron chi connectivity index (χ4n) is 1.84. The van der Waals surface area contributed by atoms with Crippen LogP contribution in [0.3, 0.4) is 0 Å². The fourth-order valence-corrected chi connectivity index (χ4v) is 1.91. The van der Waals surface area contributed by atoms with Crippen molar-refractivity contribution in [2.24, 2.45) is 11.1 Å². The van der Waals surface area contributed by atoms with Crippen LogP contribution in [0.4, 0.5) is 0 Å². The maximum atomic E-state index is 12.1. The van der Waals surface area contributed by atoms with E-state index in [9.17, 15) is 4.79 Å². The summed E-state index contributed by atoms with van der Waals surface area (Å²) in [6.07, 6.45) is 0.148. The van der Waals surface area contributed by atoms with Gasteiger partial charge in [0, 0.05) is 18.4 Å². The smallest absolute Gasteiger partial charge is 0.261 e. The topological polar surface area (TPSA) is 64.3 Å². The average Bonchev–Trinajstić information content (AvgIpc) is 2.79. The van der Waals surface area contributed by atoms with Gasteiger partial charge in [-0.05, 0) is 11.6 Å². The molecule has 1 aliphatic heterocycles. The Bertz CT molecular complexity index is 489. The number of rotatable bonds is 4. The molecule has 0 saturated heterocycles.